The molecule has 0 aliphatic rings. The van der Waals surface area contributed by atoms with Crippen LogP contribution in [0.4, 0.5) is 5.69 Å². The third-order valence-corrected chi connectivity index (χ3v) is 2.79. The van der Waals surface area contributed by atoms with Gasteiger partial charge in [-0.15, -0.1) is 0 Å². The summed E-state index contributed by atoms with van der Waals surface area (Å²) in [6.07, 6.45) is -1.38. The van der Waals surface area contributed by atoms with Crippen molar-refractivity contribution in [3.8, 4) is 0 Å². The third-order valence-electron chi connectivity index (χ3n) is 2.79. The Bertz CT molecular complexity index is 500. The maximum absolute atomic E-state index is 11.9. The van der Waals surface area contributed by atoms with Crippen LogP contribution in [0.2, 0.25) is 0 Å². The lowest BCUT2D eigenvalue weighted by Crippen LogP contribution is -2.37. The molecule has 0 aromatic heterocycles. The van der Waals surface area contributed by atoms with E-state index in [1.54, 1.807) is 19.1 Å². The number of rotatable bonds is 4. The van der Waals surface area contributed by atoms with E-state index in [2.05, 4.69) is 10.1 Å². The van der Waals surface area contributed by atoms with Gasteiger partial charge in [0.2, 0.25) is 0 Å². The molecule has 4 N–H and O–H groups in total. The summed E-state index contributed by atoms with van der Waals surface area (Å²) in [5, 5.41) is 11.8. The lowest BCUT2D eigenvalue weighted by molar-refractivity contribution is -0.149. The average molecular weight is 266 g/mol. The highest BCUT2D eigenvalue weighted by Crippen LogP contribution is 2.17. The first kappa shape index (κ1) is 15.0. The molecule has 0 bridgehead atoms. The fourth-order valence-corrected chi connectivity index (χ4v) is 1.62. The van der Waals surface area contributed by atoms with Gasteiger partial charge in [0.15, 0.2) is 6.10 Å². The summed E-state index contributed by atoms with van der Waals surface area (Å²) in [5.41, 5.74) is 8.35. The molecule has 1 unspecified atom stereocenters. The van der Waals surface area contributed by atoms with Crippen molar-refractivity contribution < 1.29 is 19.4 Å². The Morgan fingerprint density at radius 3 is 2.58 bits per heavy atom. The number of hydrogen-bond donors (Lipinski definition) is 3. The molecule has 104 valence electrons. The van der Waals surface area contributed by atoms with E-state index in [4.69, 9.17) is 5.73 Å². The summed E-state index contributed by atoms with van der Waals surface area (Å²) in [6, 6.07) is 3.38. The summed E-state index contributed by atoms with van der Waals surface area (Å²) < 4.78 is 4.35. The van der Waals surface area contributed by atoms with E-state index in [-0.39, 0.29) is 6.54 Å². The number of methoxy groups -OCH3 is 1. The van der Waals surface area contributed by atoms with Crippen LogP contribution >= 0.6 is 0 Å². The number of aliphatic hydroxyl groups is 1. The van der Waals surface area contributed by atoms with Crippen LogP contribution in [0.5, 0.6) is 0 Å². The number of aliphatic hydroxyl groups excluding tert-OH is 1. The van der Waals surface area contributed by atoms with Crippen molar-refractivity contribution in [3.05, 3.63) is 28.8 Å². The Balaban J connectivity index is 2.74. The molecule has 0 saturated carbocycles. The summed E-state index contributed by atoms with van der Waals surface area (Å²) in [7, 11) is 1.16. The lowest BCUT2D eigenvalue weighted by atomic mass is 10.0. The van der Waals surface area contributed by atoms with Gasteiger partial charge in [-0.05, 0) is 31.0 Å². The molecular formula is C13H18N2O4. The fraction of sp³-hybridized carbons (Fsp3) is 0.385. The number of ether oxygens (including phenoxy) is 1. The van der Waals surface area contributed by atoms with Crippen LogP contribution in [-0.4, -0.2) is 36.7 Å². The number of nitrogen functional groups attached to an aromatic ring is 1. The summed E-state index contributed by atoms with van der Waals surface area (Å²) >= 11 is 0. The molecule has 0 fully saturated rings. The van der Waals surface area contributed by atoms with Gasteiger partial charge in [0, 0.05) is 11.3 Å². The predicted molar refractivity (Wildman–Crippen MR) is 70.7 cm³/mol. The first-order valence-electron chi connectivity index (χ1n) is 5.77. The van der Waals surface area contributed by atoms with Gasteiger partial charge < -0.3 is 20.9 Å². The van der Waals surface area contributed by atoms with Gasteiger partial charge in [0.05, 0.1) is 13.7 Å². The molecule has 19 heavy (non-hydrogen) atoms. The van der Waals surface area contributed by atoms with Crippen molar-refractivity contribution in [2.75, 3.05) is 19.4 Å². The zero-order chi connectivity index (χ0) is 14.6. The van der Waals surface area contributed by atoms with Gasteiger partial charge >= 0.3 is 5.97 Å². The van der Waals surface area contributed by atoms with E-state index in [9.17, 15) is 14.7 Å². The molecule has 0 aliphatic carbocycles. The number of carbonyl (C=O) groups is 2. The standard InChI is InChI=1S/C13H18N2O4/c1-7-4-8(2)10(14)5-9(7)12(17)15-6-11(16)13(18)19-3/h4-5,11,16H,6,14H2,1-3H3,(H,15,17). The molecule has 0 spiro atoms. The second kappa shape index (κ2) is 6.19. The summed E-state index contributed by atoms with van der Waals surface area (Å²) in [4.78, 5) is 22.9. The van der Waals surface area contributed by atoms with Gasteiger partial charge in [-0.3, -0.25) is 4.79 Å². The number of aryl methyl sites for hydroxylation is 2. The van der Waals surface area contributed by atoms with Crippen LogP contribution in [0.25, 0.3) is 0 Å². The van der Waals surface area contributed by atoms with E-state index < -0.39 is 18.0 Å². The predicted octanol–water partition coefficient (Wildman–Crippen LogP) is 0.149. The fourth-order valence-electron chi connectivity index (χ4n) is 1.62. The van der Waals surface area contributed by atoms with Crippen LogP contribution in [0, 0.1) is 13.8 Å². The van der Waals surface area contributed by atoms with Crippen molar-refractivity contribution in [2.45, 2.75) is 20.0 Å². The molecule has 0 aliphatic heterocycles. The monoisotopic (exact) mass is 266 g/mol. The molecule has 1 atom stereocenters. The number of esters is 1. The van der Waals surface area contributed by atoms with Crippen LogP contribution < -0.4 is 11.1 Å². The first-order chi connectivity index (χ1) is 8.86. The SMILES string of the molecule is COC(=O)C(O)CNC(=O)c1cc(N)c(C)cc1C. The van der Waals surface area contributed by atoms with Crippen molar-refractivity contribution in [1.29, 1.82) is 0 Å². The Kier molecular flexibility index (Phi) is 4.88. The van der Waals surface area contributed by atoms with Gasteiger partial charge in [0.25, 0.3) is 5.91 Å². The molecule has 0 heterocycles. The number of anilines is 1. The molecule has 1 aromatic rings. The third kappa shape index (κ3) is 3.69. The average Bonchev–Trinajstić information content (AvgIpc) is 2.38. The van der Waals surface area contributed by atoms with E-state index in [0.29, 0.717) is 11.3 Å². The molecule has 0 saturated heterocycles. The number of carbonyl (C=O) groups excluding carboxylic acids is 2. The summed E-state index contributed by atoms with van der Waals surface area (Å²) in [5.74, 6) is -1.19. The smallest absolute Gasteiger partial charge is 0.336 e. The van der Waals surface area contributed by atoms with Gasteiger partial charge in [0.1, 0.15) is 0 Å². The van der Waals surface area contributed by atoms with Gasteiger partial charge in [-0.25, -0.2) is 4.79 Å². The molecule has 1 amide bonds. The Labute approximate surface area is 111 Å². The van der Waals surface area contributed by atoms with Crippen LogP contribution in [0.1, 0.15) is 21.5 Å². The zero-order valence-electron chi connectivity index (χ0n) is 11.2. The highest BCUT2D eigenvalue weighted by molar-refractivity contribution is 5.97. The summed E-state index contributed by atoms with van der Waals surface area (Å²) in [6.45, 7) is 3.43. The number of amides is 1. The normalized spacial score (nSPS) is 11.8. The minimum Gasteiger partial charge on any atom is -0.467 e. The molecule has 1 aromatic carbocycles. The number of nitrogens with two attached hydrogens (primary N) is 1. The highest BCUT2D eigenvalue weighted by Gasteiger charge is 2.17. The molecular weight excluding hydrogens is 248 g/mol. The quantitative estimate of drug-likeness (QED) is 0.532. The topological polar surface area (TPSA) is 102 Å². The number of benzene rings is 1. The second-order valence-corrected chi connectivity index (χ2v) is 4.27. The Morgan fingerprint density at radius 2 is 2.00 bits per heavy atom. The lowest BCUT2D eigenvalue weighted by Gasteiger charge is -2.12. The molecule has 1 rings (SSSR count). The van der Waals surface area contributed by atoms with Crippen LogP contribution in [0.15, 0.2) is 12.1 Å². The number of hydrogen-bond acceptors (Lipinski definition) is 5. The van der Waals surface area contributed by atoms with E-state index >= 15 is 0 Å². The second-order valence-electron chi connectivity index (χ2n) is 4.27. The van der Waals surface area contributed by atoms with E-state index in [0.717, 1.165) is 18.2 Å². The Morgan fingerprint density at radius 1 is 1.37 bits per heavy atom. The van der Waals surface area contributed by atoms with Crippen molar-refractivity contribution in [1.82, 2.24) is 5.32 Å². The molecule has 6 nitrogen and oxygen atoms in total. The number of nitrogens with one attached hydrogen (secondary N) is 1. The zero-order valence-corrected chi connectivity index (χ0v) is 11.2. The minimum atomic E-state index is -1.38. The Hall–Kier alpha value is -2.08. The highest BCUT2D eigenvalue weighted by atomic mass is 16.5. The maximum atomic E-state index is 11.9. The first-order valence-corrected chi connectivity index (χ1v) is 5.77. The largest absolute Gasteiger partial charge is 0.467 e. The van der Waals surface area contributed by atoms with E-state index in [1.807, 2.05) is 6.92 Å². The van der Waals surface area contributed by atoms with Crippen LogP contribution in [0.3, 0.4) is 0 Å². The van der Waals surface area contributed by atoms with Crippen LogP contribution in [-0.2, 0) is 9.53 Å². The van der Waals surface area contributed by atoms with Crippen molar-refractivity contribution in [3.63, 3.8) is 0 Å². The van der Waals surface area contributed by atoms with Crippen molar-refractivity contribution >= 4 is 17.6 Å². The van der Waals surface area contributed by atoms with Crippen molar-refractivity contribution in [2.24, 2.45) is 0 Å². The van der Waals surface area contributed by atoms with Gasteiger partial charge in [-0.1, -0.05) is 6.07 Å². The van der Waals surface area contributed by atoms with E-state index in [1.165, 1.54) is 0 Å². The van der Waals surface area contributed by atoms with Gasteiger partial charge in [-0.2, -0.15) is 0 Å². The molecule has 6 heteroatoms. The maximum Gasteiger partial charge on any atom is 0.336 e. The minimum absolute atomic E-state index is 0.210. The molecule has 0 radical (unpaired) electrons.